The second-order valence-electron chi connectivity index (χ2n) is 5.36. The summed E-state index contributed by atoms with van der Waals surface area (Å²) in [6.45, 7) is 0. The largest absolute Gasteiger partial charge is 0.494 e. The SMILES string of the molecule is COc1cc([N+](=O)[O-])ccc1NC(=O)CSc1nnc(-c2cccc(F)c2)o1. The number of nitro groups is 1. The number of carbonyl (C=O) groups excluding carboxylic acids is 1. The van der Waals surface area contributed by atoms with E-state index in [0.717, 1.165) is 11.8 Å². The summed E-state index contributed by atoms with van der Waals surface area (Å²) in [6, 6.07) is 9.56. The van der Waals surface area contributed by atoms with Gasteiger partial charge < -0.3 is 14.5 Å². The highest BCUT2D eigenvalue weighted by Gasteiger charge is 2.15. The van der Waals surface area contributed by atoms with Gasteiger partial charge in [-0.2, -0.15) is 0 Å². The molecule has 0 fully saturated rings. The van der Waals surface area contributed by atoms with Crippen molar-refractivity contribution < 1.29 is 23.3 Å². The number of nitrogens with one attached hydrogen (secondary N) is 1. The van der Waals surface area contributed by atoms with Crippen LogP contribution in [0.15, 0.2) is 52.1 Å². The van der Waals surface area contributed by atoms with E-state index in [9.17, 15) is 19.3 Å². The molecule has 3 aromatic rings. The Hall–Kier alpha value is -3.47. The number of nitrogens with zero attached hydrogens (tertiary/aromatic N) is 3. The average Bonchev–Trinajstić information content (AvgIpc) is 3.15. The van der Waals surface area contributed by atoms with Crippen LogP contribution in [0.1, 0.15) is 0 Å². The third-order valence-corrected chi connectivity index (χ3v) is 4.29. The molecule has 11 heteroatoms. The highest BCUT2D eigenvalue weighted by Crippen LogP contribution is 2.29. The van der Waals surface area contributed by atoms with Gasteiger partial charge in [0.05, 0.1) is 29.5 Å². The van der Waals surface area contributed by atoms with Crippen molar-refractivity contribution >= 4 is 29.0 Å². The molecule has 1 amide bonds. The molecule has 0 saturated carbocycles. The molecule has 0 aliphatic carbocycles. The molecule has 0 radical (unpaired) electrons. The van der Waals surface area contributed by atoms with E-state index in [-0.39, 0.29) is 28.3 Å². The molecule has 1 heterocycles. The van der Waals surface area contributed by atoms with E-state index in [1.165, 1.54) is 43.5 Å². The summed E-state index contributed by atoms with van der Waals surface area (Å²) in [4.78, 5) is 22.4. The topological polar surface area (TPSA) is 120 Å². The summed E-state index contributed by atoms with van der Waals surface area (Å²) >= 11 is 0.994. The molecular weight excluding hydrogens is 391 g/mol. The molecule has 0 aliphatic rings. The van der Waals surface area contributed by atoms with Crippen molar-refractivity contribution in [2.45, 2.75) is 5.22 Å². The number of hydrogen-bond acceptors (Lipinski definition) is 8. The number of benzene rings is 2. The number of thioether (sulfide) groups is 1. The molecule has 1 N–H and O–H groups in total. The second kappa shape index (κ2) is 8.48. The van der Waals surface area contributed by atoms with Gasteiger partial charge in [-0.3, -0.25) is 14.9 Å². The van der Waals surface area contributed by atoms with Gasteiger partial charge in [0.15, 0.2) is 0 Å². The number of carbonyl (C=O) groups is 1. The molecule has 0 atom stereocenters. The number of hydrogen-bond donors (Lipinski definition) is 1. The second-order valence-corrected chi connectivity index (χ2v) is 6.29. The average molecular weight is 404 g/mol. The third-order valence-electron chi connectivity index (χ3n) is 3.47. The lowest BCUT2D eigenvalue weighted by Crippen LogP contribution is -2.14. The van der Waals surface area contributed by atoms with Gasteiger partial charge >= 0.3 is 0 Å². The Morgan fingerprint density at radius 3 is 2.86 bits per heavy atom. The maximum atomic E-state index is 13.3. The molecule has 144 valence electrons. The van der Waals surface area contributed by atoms with E-state index >= 15 is 0 Å². The van der Waals surface area contributed by atoms with E-state index in [0.29, 0.717) is 11.3 Å². The number of methoxy groups -OCH3 is 1. The monoisotopic (exact) mass is 404 g/mol. The van der Waals surface area contributed by atoms with Crippen molar-refractivity contribution in [3.05, 3.63) is 58.4 Å². The summed E-state index contributed by atoms with van der Waals surface area (Å²) in [5.41, 5.74) is 0.573. The van der Waals surface area contributed by atoms with Crippen molar-refractivity contribution in [1.82, 2.24) is 10.2 Å². The predicted molar refractivity (Wildman–Crippen MR) is 98.7 cm³/mol. The number of halogens is 1. The molecular formula is C17H13FN4O5S. The molecule has 0 aliphatic heterocycles. The van der Waals surface area contributed by atoms with E-state index in [4.69, 9.17) is 9.15 Å². The summed E-state index contributed by atoms with van der Waals surface area (Å²) in [6.07, 6.45) is 0. The van der Waals surface area contributed by atoms with Crippen molar-refractivity contribution in [3.8, 4) is 17.2 Å². The van der Waals surface area contributed by atoms with Gasteiger partial charge in [-0.1, -0.05) is 17.8 Å². The zero-order valence-corrected chi connectivity index (χ0v) is 15.2. The molecule has 9 nitrogen and oxygen atoms in total. The van der Waals surface area contributed by atoms with Crippen LogP contribution in [-0.2, 0) is 4.79 Å². The maximum Gasteiger partial charge on any atom is 0.277 e. The number of non-ortho nitro benzene ring substituents is 1. The predicted octanol–water partition coefficient (Wildman–Crippen LogP) is 3.52. The van der Waals surface area contributed by atoms with Gasteiger partial charge in [-0.15, -0.1) is 10.2 Å². The summed E-state index contributed by atoms with van der Waals surface area (Å²) < 4.78 is 23.7. The first-order chi connectivity index (χ1) is 13.5. The highest BCUT2D eigenvalue weighted by molar-refractivity contribution is 7.99. The van der Waals surface area contributed by atoms with E-state index in [1.54, 1.807) is 6.07 Å². The molecule has 0 bridgehead atoms. The van der Waals surface area contributed by atoms with Crippen LogP contribution in [0, 0.1) is 15.9 Å². The first kappa shape index (κ1) is 19.3. The van der Waals surface area contributed by atoms with Gasteiger partial charge in [0.25, 0.3) is 10.9 Å². The summed E-state index contributed by atoms with van der Waals surface area (Å²) in [5.74, 6) is -0.576. The van der Waals surface area contributed by atoms with Crippen LogP contribution >= 0.6 is 11.8 Å². The molecule has 2 aromatic carbocycles. The van der Waals surface area contributed by atoms with Crippen molar-refractivity contribution in [1.29, 1.82) is 0 Å². The van der Waals surface area contributed by atoms with Gasteiger partial charge in [-0.05, 0) is 24.3 Å². The lowest BCUT2D eigenvalue weighted by molar-refractivity contribution is -0.384. The zero-order valence-electron chi connectivity index (χ0n) is 14.4. The molecule has 3 rings (SSSR count). The quantitative estimate of drug-likeness (QED) is 0.361. The van der Waals surface area contributed by atoms with Crippen LogP contribution in [0.3, 0.4) is 0 Å². The molecule has 28 heavy (non-hydrogen) atoms. The van der Waals surface area contributed by atoms with Crippen LogP contribution < -0.4 is 10.1 Å². The van der Waals surface area contributed by atoms with E-state index in [2.05, 4.69) is 15.5 Å². The first-order valence-corrected chi connectivity index (χ1v) is 8.79. The number of anilines is 1. The lowest BCUT2D eigenvalue weighted by atomic mass is 10.2. The Bertz CT molecular complexity index is 1030. The lowest BCUT2D eigenvalue weighted by Gasteiger charge is -2.09. The third kappa shape index (κ3) is 4.62. The summed E-state index contributed by atoms with van der Waals surface area (Å²) in [7, 11) is 1.34. The number of ether oxygens (including phenoxy) is 1. The fourth-order valence-corrected chi connectivity index (χ4v) is 2.78. The molecule has 0 saturated heterocycles. The van der Waals surface area contributed by atoms with E-state index in [1.807, 2.05) is 0 Å². The van der Waals surface area contributed by atoms with Crippen LogP contribution in [-0.4, -0.2) is 33.9 Å². The molecule has 1 aromatic heterocycles. The minimum absolute atomic E-state index is 0.0507. The molecule has 0 spiro atoms. The Morgan fingerprint density at radius 2 is 2.14 bits per heavy atom. The summed E-state index contributed by atoms with van der Waals surface area (Å²) in [5, 5.41) is 21.2. The molecule has 0 unspecified atom stereocenters. The first-order valence-electron chi connectivity index (χ1n) is 7.81. The number of amides is 1. The van der Waals surface area contributed by atoms with Gasteiger partial charge in [-0.25, -0.2) is 4.39 Å². The zero-order chi connectivity index (χ0) is 20.1. The highest BCUT2D eigenvalue weighted by atomic mass is 32.2. The Morgan fingerprint density at radius 1 is 1.32 bits per heavy atom. The minimum atomic E-state index is -0.560. The van der Waals surface area contributed by atoms with Crippen LogP contribution in [0.25, 0.3) is 11.5 Å². The Balaban J connectivity index is 1.61. The fraction of sp³-hybridized carbons (Fsp3) is 0.118. The van der Waals surface area contributed by atoms with Gasteiger partial charge in [0, 0.05) is 11.6 Å². The normalized spacial score (nSPS) is 10.5. The standard InChI is InChI=1S/C17H13FN4O5S/c1-26-14-8-12(22(24)25)5-6-13(14)19-15(23)9-28-17-21-20-16(27-17)10-3-2-4-11(18)7-10/h2-8H,9H2,1H3,(H,19,23). The van der Waals surface area contributed by atoms with Crippen LogP contribution in [0.4, 0.5) is 15.8 Å². The maximum absolute atomic E-state index is 13.3. The number of rotatable bonds is 7. The smallest absolute Gasteiger partial charge is 0.277 e. The minimum Gasteiger partial charge on any atom is -0.494 e. The van der Waals surface area contributed by atoms with Crippen LogP contribution in [0.5, 0.6) is 5.75 Å². The Kier molecular flexibility index (Phi) is 5.84. The van der Waals surface area contributed by atoms with Crippen molar-refractivity contribution in [2.24, 2.45) is 0 Å². The van der Waals surface area contributed by atoms with Gasteiger partial charge in [0.2, 0.25) is 11.8 Å². The van der Waals surface area contributed by atoms with Gasteiger partial charge in [0.1, 0.15) is 11.6 Å². The number of aromatic nitrogens is 2. The van der Waals surface area contributed by atoms with E-state index < -0.39 is 16.6 Å². The van der Waals surface area contributed by atoms with Crippen molar-refractivity contribution in [2.75, 3.05) is 18.2 Å². The van der Waals surface area contributed by atoms with Crippen molar-refractivity contribution in [3.63, 3.8) is 0 Å². The fourth-order valence-electron chi connectivity index (χ4n) is 2.22. The number of nitro benzene ring substituents is 1. The Labute approximate surface area is 162 Å². The van der Waals surface area contributed by atoms with Crippen LogP contribution in [0.2, 0.25) is 0 Å².